The number of aliphatic hydroxyl groups excluding tert-OH is 4. The molecule has 26 heavy (non-hydrogen) atoms. The summed E-state index contributed by atoms with van der Waals surface area (Å²) in [5.41, 5.74) is 1.21. The Hall–Kier alpha value is -1.87. The van der Waals surface area contributed by atoms with Gasteiger partial charge in [-0.3, -0.25) is 0 Å². The van der Waals surface area contributed by atoms with E-state index < -0.39 is 18.4 Å². The van der Waals surface area contributed by atoms with Crippen LogP contribution in [0.2, 0.25) is 10.0 Å². The Labute approximate surface area is 160 Å². The van der Waals surface area contributed by atoms with Crippen LogP contribution in [0.25, 0.3) is 0 Å². The van der Waals surface area contributed by atoms with E-state index >= 15 is 0 Å². The van der Waals surface area contributed by atoms with Crippen LogP contribution in [-0.4, -0.2) is 50.0 Å². The van der Waals surface area contributed by atoms with E-state index in [-0.39, 0.29) is 13.2 Å². The molecule has 2 rings (SSSR count). The topological polar surface area (TPSA) is 138 Å². The largest absolute Gasteiger partial charge is 0.503 e. The fourth-order valence-corrected chi connectivity index (χ4v) is 2.12. The van der Waals surface area contributed by atoms with E-state index in [1.807, 2.05) is 0 Å². The number of rotatable bonds is 4. The van der Waals surface area contributed by atoms with Crippen LogP contribution in [0.5, 0.6) is 0 Å². The number of carbonyl (C=O) groups is 1. The fourth-order valence-electron chi connectivity index (χ4n) is 1.66. The molecule has 0 aliphatic carbocycles. The standard InChI is InChI=1S/2C8H9ClO2.CH2O3/c9-7-3-1-2-6(4-7)8(11)5-10;9-7-4-2-1-3-6(7)8(11)5-10;2-1(3)4/h2*1-4,8,10-11H,5H2;(H2,2,3,4). The summed E-state index contributed by atoms with van der Waals surface area (Å²) in [7, 11) is 0. The Kier molecular flexibility index (Phi) is 12.4. The molecule has 0 aromatic heterocycles. The number of hydrogen-bond donors (Lipinski definition) is 6. The summed E-state index contributed by atoms with van der Waals surface area (Å²) in [5, 5.41) is 50.5. The molecule has 0 spiro atoms. The van der Waals surface area contributed by atoms with Gasteiger partial charge >= 0.3 is 6.16 Å². The highest BCUT2D eigenvalue weighted by atomic mass is 35.5. The maximum atomic E-state index is 9.18. The van der Waals surface area contributed by atoms with Crippen molar-refractivity contribution in [1.29, 1.82) is 0 Å². The first-order valence-corrected chi connectivity index (χ1v) is 7.98. The Balaban J connectivity index is 0.000000401. The van der Waals surface area contributed by atoms with E-state index in [2.05, 4.69) is 0 Å². The van der Waals surface area contributed by atoms with Gasteiger partial charge in [-0.05, 0) is 23.8 Å². The van der Waals surface area contributed by atoms with Gasteiger partial charge in [-0.1, -0.05) is 53.5 Å². The maximum absolute atomic E-state index is 9.18. The zero-order valence-corrected chi connectivity index (χ0v) is 15.0. The van der Waals surface area contributed by atoms with Crippen LogP contribution < -0.4 is 0 Å². The quantitative estimate of drug-likeness (QED) is 0.458. The molecule has 0 aliphatic heterocycles. The van der Waals surface area contributed by atoms with E-state index in [1.165, 1.54) is 0 Å². The molecule has 0 heterocycles. The minimum atomic E-state index is -1.83. The average molecular weight is 407 g/mol. The van der Waals surface area contributed by atoms with Gasteiger partial charge in [-0.25, -0.2) is 4.79 Å². The highest BCUT2D eigenvalue weighted by molar-refractivity contribution is 6.31. The molecule has 2 unspecified atom stereocenters. The number of carboxylic acid groups (broad SMARTS) is 2. The zero-order valence-electron chi connectivity index (χ0n) is 13.5. The lowest BCUT2D eigenvalue weighted by molar-refractivity contribution is 0.0956. The van der Waals surface area contributed by atoms with Crippen LogP contribution in [0.1, 0.15) is 23.3 Å². The van der Waals surface area contributed by atoms with Crippen LogP contribution in [0.4, 0.5) is 4.79 Å². The van der Waals surface area contributed by atoms with Gasteiger partial charge in [0.05, 0.1) is 13.2 Å². The second-order valence-electron chi connectivity index (χ2n) is 4.76. The molecule has 0 aliphatic rings. The predicted molar refractivity (Wildman–Crippen MR) is 97.6 cm³/mol. The number of benzene rings is 2. The summed E-state index contributed by atoms with van der Waals surface area (Å²) < 4.78 is 0. The lowest BCUT2D eigenvalue weighted by Gasteiger charge is -2.08. The molecule has 144 valence electrons. The molecule has 2 aromatic rings. The fraction of sp³-hybridized carbons (Fsp3) is 0.235. The van der Waals surface area contributed by atoms with Gasteiger partial charge in [-0.2, -0.15) is 0 Å². The zero-order chi connectivity index (χ0) is 20.1. The van der Waals surface area contributed by atoms with Gasteiger partial charge < -0.3 is 30.6 Å². The van der Waals surface area contributed by atoms with Crippen molar-refractivity contribution in [3.8, 4) is 0 Å². The second kappa shape index (κ2) is 13.3. The van der Waals surface area contributed by atoms with E-state index in [4.69, 9.17) is 53.5 Å². The van der Waals surface area contributed by atoms with Gasteiger partial charge in [0.2, 0.25) is 0 Å². The van der Waals surface area contributed by atoms with E-state index in [9.17, 15) is 5.11 Å². The van der Waals surface area contributed by atoms with Crippen molar-refractivity contribution in [2.45, 2.75) is 12.2 Å². The first kappa shape index (κ1) is 24.1. The Morgan fingerprint density at radius 2 is 1.42 bits per heavy atom. The minimum absolute atomic E-state index is 0.277. The van der Waals surface area contributed by atoms with Gasteiger partial charge in [0.25, 0.3) is 0 Å². The van der Waals surface area contributed by atoms with Crippen molar-refractivity contribution in [2.24, 2.45) is 0 Å². The number of hydrogen-bond acceptors (Lipinski definition) is 5. The number of halogens is 2. The van der Waals surface area contributed by atoms with Gasteiger partial charge in [0.15, 0.2) is 0 Å². The minimum Gasteiger partial charge on any atom is -0.450 e. The van der Waals surface area contributed by atoms with Crippen LogP contribution in [-0.2, 0) is 0 Å². The highest BCUT2D eigenvalue weighted by Crippen LogP contribution is 2.21. The molecular formula is C17H20Cl2O7. The van der Waals surface area contributed by atoms with Crippen molar-refractivity contribution < 1.29 is 35.4 Å². The summed E-state index contributed by atoms with van der Waals surface area (Å²) >= 11 is 11.4. The van der Waals surface area contributed by atoms with Gasteiger partial charge in [0.1, 0.15) is 12.2 Å². The first-order chi connectivity index (χ1) is 12.2. The van der Waals surface area contributed by atoms with Crippen LogP contribution in [0.15, 0.2) is 48.5 Å². The summed E-state index contributed by atoms with van der Waals surface area (Å²) in [6.45, 7) is -0.579. The van der Waals surface area contributed by atoms with E-state index in [1.54, 1.807) is 48.5 Å². The molecule has 0 amide bonds. The van der Waals surface area contributed by atoms with Crippen molar-refractivity contribution in [1.82, 2.24) is 0 Å². The van der Waals surface area contributed by atoms with E-state index in [0.29, 0.717) is 21.2 Å². The van der Waals surface area contributed by atoms with Crippen LogP contribution in [0.3, 0.4) is 0 Å². The summed E-state index contributed by atoms with van der Waals surface area (Å²) in [4.78, 5) is 8.56. The third-order valence-corrected chi connectivity index (χ3v) is 3.42. The number of aliphatic hydroxyl groups is 4. The Bertz CT molecular complexity index is 663. The lowest BCUT2D eigenvalue weighted by atomic mass is 10.1. The van der Waals surface area contributed by atoms with Gasteiger partial charge in [0, 0.05) is 15.6 Å². The van der Waals surface area contributed by atoms with E-state index in [0.717, 1.165) is 0 Å². The van der Waals surface area contributed by atoms with Crippen LogP contribution in [0, 0.1) is 0 Å². The smallest absolute Gasteiger partial charge is 0.450 e. The molecule has 2 aromatic carbocycles. The second-order valence-corrected chi connectivity index (χ2v) is 5.60. The normalized spacial score (nSPS) is 11.9. The predicted octanol–water partition coefficient (Wildman–Crippen LogP) is 2.95. The SMILES string of the molecule is O=C(O)O.OCC(O)c1cccc(Cl)c1.OCC(O)c1ccccc1Cl. The molecule has 0 saturated carbocycles. The summed E-state index contributed by atoms with van der Waals surface area (Å²) in [5.74, 6) is 0. The molecule has 2 atom stereocenters. The van der Waals surface area contributed by atoms with Crippen molar-refractivity contribution >= 4 is 29.4 Å². The average Bonchev–Trinajstić information content (AvgIpc) is 2.61. The first-order valence-electron chi connectivity index (χ1n) is 7.22. The molecule has 6 N–H and O–H groups in total. The molecule has 9 heteroatoms. The lowest BCUT2D eigenvalue weighted by Crippen LogP contribution is -2.02. The third kappa shape index (κ3) is 10.2. The molecular weight excluding hydrogens is 387 g/mol. The molecule has 0 saturated heterocycles. The molecule has 0 radical (unpaired) electrons. The molecule has 0 bridgehead atoms. The molecule has 7 nitrogen and oxygen atoms in total. The summed E-state index contributed by atoms with van der Waals surface area (Å²) in [6.07, 6.45) is -3.53. The van der Waals surface area contributed by atoms with Crippen molar-refractivity contribution in [3.63, 3.8) is 0 Å². The molecule has 0 fully saturated rings. The highest BCUT2D eigenvalue weighted by Gasteiger charge is 2.08. The Morgan fingerprint density at radius 3 is 1.88 bits per heavy atom. The van der Waals surface area contributed by atoms with Crippen molar-refractivity contribution in [2.75, 3.05) is 13.2 Å². The van der Waals surface area contributed by atoms with Gasteiger partial charge in [-0.15, -0.1) is 0 Å². The maximum Gasteiger partial charge on any atom is 0.503 e. The van der Waals surface area contributed by atoms with Crippen LogP contribution >= 0.6 is 23.2 Å². The third-order valence-electron chi connectivity index (χ3n) is 2.84. The van der Waals surface area contributed by atoms with Crippen molar-refractivity contribution in [3.05, 3.63) is 69.7 Å². The summed E-state index contributed by atoms with van der Waals surface area (Å²) in [6, 6.07) is 13.7. The Morgan fingerprint density at radius 1 is 0.885 bits per heavy atom. The monoisotopic (exact) mass is 406 g/mol.